The summed E-state index contributed by atoms with van der Waals surface area (Å²) >= 11 is 0. The molecule has 1 fully saturated rings. The third-order valence-electron chi connectivity index (χ3n) is 3.57. The van der Waals surface area contributed by atoms with Crippen LogP contribution in [0.15, 0.2) is 42.9 Å². The molecule has 2 heterocycles. The molecular formula is C15H19N5. The van der Waals surface area contributed by atoms with Crippen LogP contribution in [-0.2, 0) is 0 Å². The predicted molar refractivity (Wildman–Crippen MR) is 81.5 cm³/mol. The van der Waals surface area contributed by atoms with E-state index in [1.165, 1.54) is 5.69 Å². The van der Waals surface area contributed by atoms with Gasteiger partial charge in [-0.15, -0.1) is 0 Å². The molecule has 0 saturated carbocycles. The normalized spacial score (nSPS) is 16.1. The minimum absolute atomic E-state index is 0.815. The number of anilines is 3. The fraction of sp³-hybridized carbons (Fsp3) is 0.333. The number of nitrogens with one attached hydrogen (secondary N) is 1. The first-order valence-corrected chi connectivity index (χ1v) is 6.88. The minimum Gasteiger partial charge on any atom is -0.369 e. The molecule has 20 heavy (non-hydrogen) atoms. The second-order valence-corrected chi connectivity index (χ2v) is 5.06. The van der Waals surface area contributed by atoms with E-state index in [4.69, 9.17) is 0 Å². The Morgan fingerprint density at radius 3 is 2.70 bits per heavy atom. The van der Waals surface area contributed by atoms with Crippen molar-refractivity contribution in [1.29, 1.82) is 0 Å². The smallest absolute Gasteiger partial charge is 0.133 e. The lowest BCUT2D eigenvalue weighted by atomic mass is 10.2. The van der Waals surface area contributed by atoms with Crippen molar-refractivity contribution < 1.29 is 0 Å². The number of rotatable bonds is 3. The molecule has 1 saturated heterocycles. The van der Waals surface area contributed by atoms with Gasteiger partial charge in [-0.05, 0) is 31.3 Å². The second kappa shape index (κ2) is 5.88. The van der Waals surface area contributed by atoms with Crippen LogP contribution in [0.4, 0.5) is 17.2 Å². The molecule has 104 valence electrons. The standard InChI is InChI=1S/C15H19N5/c1-19-7-9-20(10-8-19)14-4-2-3-13(11-14)18-15-5-6-16-12-17-15/h2-6,11-12H,7-10H2,1H3,(H,16,17,18). The summed E-state index contributed by atoms with van der Waals surface area (Å²) in [6, 6.07) is 10.3. The molecule has 5 heteroatoms. The van der Waals surface area contributed by atoms with E-state index >= 15 is 0 Å². The van der Waals surface area contributed by atoms with Crippen LogP contribution < -0.4 is 10.2 Å². The maximum atomic E-state index is 4.18. The van der Waals surface area contributed by atoms with Gasteiger partial charge in [0.05, 0.1) is 0 Å². The molecule has 0 amide bonds. The monoisotopic (exact) mass is 269 g/mol. The van der Waals surface area contributed by atoms with Crippen molar-refractivity contribution in [1.82, 2.24) is 14.9 Å². The fourth-order valence-electron chi connectivity index (χ4n) is 2.36. The lowest BCUT2D eigenvalue weighted by Crippen LogP contribution is -2.44. The molecule has 1 N–H and O–H groups in total. The van der Waals surface area contributed by atoms with Crippen LogP contribution in [0.2, 0.25) is 0 Å². The Morgan fingerprint density at radius 1 is 1.10 bits per heavy atom. The summed E-state index contributed by atoms with van der Waals surface area (Å²) in [5, 5.41) is 3.30. The van der Waals surface area contributed by atoms with Gasteiger partial charge in [0.15, 0.2) is 0 Å². The molecular weight excluding hydrogens is 250 g/mol. The summed E-state index contributed by atoms with van der Waals surface area (Å²) in [5.74, 6) is 0.815. The molecule has 0 bridgehead atoms. The molecule has 1 aromatic carbocycles. The molecule has 1 aromatic heterocycles. The quantitative estimate of drug-likeness (QED) is 0.923. The van der Waals surface area contributed by atoms with Crippen LogP contribution in [0.3, 0.4) is 0 Å². The van der Waals surface area contributed by atoms with Gasteiger partial charge in [-0.1, -0.05) is 6.07 Å². The third kappa shape index (κ3) is 3.05. The van der Waals surface area contributed by atoms with Gasteiger partial charge in [-0.2, -0.15) is 0 Å². The van der Waals surface area contributed by atoms with Crippen molar-refractivity contribution in [3.63, 3.8) is 0 Å². The number of piperazine rings is 1. The van der Waals surface area contributed by atoms with Gasteiger partial charge in [-0.3, -0.25) is 0 Å². The van der Waals surface area contributed by atoms with Gasteiger partial charge in [0.2, 0.25) is 0 Å². The zero-order chi connectivity index (χ0) is 13.8. The molecule has 0 aliphatic carbocycles. The summed E-state index contributed by atoms with van der Waals surface area (Å²) in [6.45, 7) is 4.38. The molecule has 5 nitrogen and oxygen atoms in total. The highest BCUT2D eigenvalue weighted by molar-refractivity contribution is 5.63. The van der Waals surface area contributed by atoms with E-state index in [0.29, 0.717) is 0 Å². The van der Waals surface area contributed by atoms with Crippen LogP contribution in [0.1, 0.15) is 0 Å². The largest absolute Gasteiger partial charge is 0.369 e. The van der Waals surface area contributed by atoms with Gasteiger partial charge >= 0.3 is 0 Å². The van der Waals surface area contributed by atoms with Crippen LogP contribution in [0.5, 0.6) is 0 Å². The fourth-order valence-corrected chi connectivity index (χ4v) is 2.36. The highest BCUT2D eigenvalue weighted by atomic mass is 15.2. The van der Waals surface area contributed by atoms with Crippen molar-refractivity contribution in [2.75, 3.05) is 43.4 Å². The van der Waals surface area contributed by atoms with Crippen LogP contribution in [-0.4, -0.2) is 48.1 Å². The summed E-state index contributed by atoms with van der Waals surface area (Å²) in [5.41, 5.74) is 2.32. The van der Waals surface area contributed by atoms with Gasteiger partial charge in [0, 0.05) is 43.8 Å². The second-order valence-electron chi connectivity index (χ2n) is 5.06. The first-order chi connectivity index (χ1) is 9.81. The Hall–Kier alpha value is -2.14. The van der Waals surface area contributed by atoms with E-state index < -0.39 is 0 Å². The van der Waals surface area contributed by atoms with E-state index in [1.54, 1.807) is 12.5 Å². The molecule has 3 rings (SSSR count). The number of hydrogen-bond donors (Lipinski definition) is 1. The van der Waals surface area contributed by atoms with Gasteiger partial charge < -0.3 is 15.1 Å². The SMILES string of the molecule is CN1CCN(c2cccc(Nc3ccncn3)c2)CC1. The van der Waals surface area contributed by atoms with Crippen molar-refractivity contribution in [3.8, 4) is 0 Å². The summed E-state index contributed by atoms with van der Waals surface area (Å²) in [7, 11) is 2.17. The Balaban J connectivity index is 1.73. The highest BCUT2D eigenvalue weighted by Gasteiger charge is 2.14. The summed E-state index contributed by atoms with van der Waals surface area (Å²) < 4.78 is 0. The van der Waals surface area contributed by atoms with E-state index in [-0.39, 0.29) is 0 Å². The van der Waals surface area contributed by atoms with Crippen LogP contribution in [0.25, 0.3) is 0 Å². The lowest BCUT2D eigenvalue weighted by Gasteiger charge is -2.34. The first-order valence-electron chi connectivity index (χ1n) is 6.88. The molecule has 0 atom stereocenters. The lowest BCUT2D eigenvalue weighted by molar-refractivity contribution is 0.313. The minimum atomic E-state index is 0.815. The molecule has 1 aliphatic heterocycles. The Labute approximate surface area is 119 Å². The average molecular weight is 269 g/mol. The predicted octanol–water partition coefficient (Wildman–Crippen LogP) is 1.97. The van der Waals surface area contributed by atoms with Crippen molar-refractivity contribution in [2.45, 2.75) is 0 Å². The third-order valence-corrected chi connectivity index (χ3v) is 3.57. The number of nitrogens with zero attached hydrogens (tertiary/aromatic N) is 4. The number of hydrogen-bond acceptors (Lipinski definition) is 5. The molecule has 0 radical (unpaired) electrons. The molecule has 1 aliphatic rings. The molecule has 2 aromatic rings. The first kappa shape index (κ1) is 12.9. The maximum absolute atomic E-state index is 4.18. The number of benzene rings is 1. The highest BCUT2D eigenvalue weighted by Crippen LogP contribution is 2.22. The summed E-state index contributed by atoms with van der Waals surface area (Å²) in [6.07, 6.45) is 3.28. The molecule has 0 unspecified atom stereocenters. The Kier molecular flexibility index (Phi) is 3.78. The summed E-state index contributed by atoms with van der Waals surface area (Å²) in [4.78, 5) is 12.9. The maximum Gasteiger partial charge on any atom is 0.133 e. The van der Waals surface area contributed by atoms with E-state index in [9.17, 15) is 0 Å². The van der Waals surface area contributed by atoms with E-state index in [0.717, 1.165) is 37.7 Å². The topological polar surface area (TPSA) is 44.3 Å². The van der Waals surface area contributed by atoms with Gasteiger partial charge in [0.1, 0.15) is 12.1 Å². The molecule has 0 spiro atoms. The zero-order valence-electron chi connectivity index (χ0n) is 11.7. The Bertz CT molecular complexity index is 549. The zero-order valence-corrected chi connectivity index (χ0v) is 11.7. The van der Waals surface area contributed by atoms with Gasteiger partial charge in [-0.25, -0.2) is 9.97 Å². The van der Waals surface area contributed by atoms with Crippen molar-refractivity contribution >= 4 is 17.2 Å². The van der Waals surface area contributed by atoms with Crippen molar-refractivity contribution in [3.05, 3.63) is 42.9 Å². The van der Waals surface area contributed by atoms with E-state index in [2.05, 4.69) is 56.4 Å². The van der Waals surface area contributed by atoms with E-state index in [1.807, 2.05) is 6.07 Å². The Morgan fingerprint density at radius 2 is 1.95 bits per heavy atom. The number of likely N-dealkylation sites (N-methyl/N-ethyl adjacent to an activating group) is 1. The van der Waals surface area contributed by atoms with Crippen LogP contribution >= 0.6 is 0 Å². The number of aromatic nitrogens is 2. The van der Waals surface area contributed by atoms with Crippen LogP contribution in [0, 0.1) is 0 Å². The van der Waals surface area contributed by atoms with Gasteiger partial charge in [0.25, 0.3) is 0 Å². The van der Waals surface area contributed by atoms with Crippen molar-refractivity contribution in [2.24, 2.45) is 0 Å². The average Bonchev–Trinajstić information content (AvgIpc) is 2.49.